The lowest BCUT2D eigenvalue weighted by Crippen LogP contribution is -2.20. The van der Waals surface area contributed by atoms with Crippen LogP contribution in [0.25, 0.3) is 0 Å². The highest BCUT2D eigenvalue weighted by molar-refractivity contribution is 5.19. The molecule has 0 aromatic carbocycles. The van der Waals surface area contributed by atoms with E-state index in [1.807, 2.05) is 17.9 Å². The second kappa shape index (κ2) is 2.86. The third-order valence-corrected chi connectivity index (χ3v) is 5.30. The van der Waals surface area contributed by atoms with Crippen molar-refractivity contribution >= 4 is 0 Å². The molecule has 3 aliphatic carbocycles. The number of fused-ring (bicyclic) bond motifs is 5. The van der Waals surface area contributed by atoms with Crippen molar-refractivity contribution in [2.24, 2.45) is 42.4 Å². The smallest absolute Gasteiger partial charge is 0.0754 e. The molecule has 0 radical (unpaired) electrons. The van der Waals surface area contributed by atoms with Gasteiger partial charge < -0.3 is 5.73 Å². The molecule has 0 saturated heterocycles. The zero-order chi connectivity index (χ0) is 10.9. The first-order valence-corrected chi connectivity index (χ1v) is 6.37. The Morgan fingerprint density at radius 2 is 2.06 bits per heavy atom. The van der Waals surface area contributed by atoms with Crippen LogP contribution in [0.5, 0.6) is 0 Å². The highest BCUT2D eigenvalue weighted by Crippen LogP contribution is 2.71. The second-order valence-corrected chi connectivity index (χ2v) is 5.87. The first kappa shape index (κ1) is 9.16. The average Bonchev–Trinajstić information content (AvgIpc) is 2.67. The van der Waals surface area contributed by atoms with Gasteiger partial charge in [-0.15, -0.1) is 5.10 Å². The Bertz CT molecular complexity index is 410. The van der Waals surface area contributed by atoms with Crippen LogP contribution >= 0.6 is 0 Å². The molecule has 3 saturated carbocycles. The van der Waals surface area contributed by atoms with Gasteiger partial charge in [-0.05, 0) is 48.9 Å². The fourth-order valence-electron chi connectivity index (χ4n) is 4.67. The van der Waals surface area contributed by atoms with Gasteiger partial charge in [-0.1, -0.05) is 5.21 Å². The number of aromatic nitrogens is 3. The number of nitrogens with two attached hydrogens (primary N) is 1. The lowest BCUT2D eigenvalue weighted by molar-refractivity contribution is 0.406. The van der Waals surface area contributed by atoms with Crippen molar-refractivity contribution in [3.8, 4) is 0 Å². The molecule has 4 rings (SSSR count). The Labute approximate surface area is 95.2 Å². The molecular formula is C12H18N4. The first-order chi connectivity index (χ1) is 7.77. The maximum absolute atomic E-state index is 6.39. The Morgan fingerprint density at radius 3 is 2.62 bits per heavy atom. The summed E-state index contributed by atoms with van der Waals surface area (Å²) in [4.78, 5) is 0. The van der Waals surface area contributed by atoms with Crippen LogP contribution in [-0.4, -0.2) is 15.0 Å². The van der Waals surface area contributed by atoms with Crippen LogP contribution in [0.3, 0.4) is 0 Å². The van der Waals surface area contributed by atoms with Crippen LogP contribution in [0.1, 0.15) is 31.0 Å². The van der Waals surface area contributed by atoms with Gasteiger partial charge in [0.05, 0.1) is 17.9 Å². The lowest BCUT2D eigenvalue weighted by Gasteiger charge is -2.15. The molecule has 16 heavy (non-hydrogen) atoms. The predicted octanol–water partition coefficient (Wildman–Crippen LogP) is 1.11. The molecule has 2 N–H and O–H groups in total. The van der Waals surface area contributed by atoms with E-state index < -0.39 is 0 Å². The normalized spacial score (nSPS) is 45.8. The van der Waals surface area contributed by atoms with E-state index in [0.29, 0.717) is 0 Å². The third-order valence-electron chi connectivity index (χ3n) is 5.30. The molecule has 0 spiro atoms. The fraction of sp³-hybridized carbons (Fsp3) is 0.833. The van der Waals surface area contributed by atoms with Crippen molar-refractivity contribution in [1.82, 2.24) is 15.0 Å². The van der Waals surface area contributed by atoms with Crippen molar-refractivity contribution in [1.29, 1.82) is 0 Å². The van der Waals surface area contributed by atoms with Crippen molar-refractivity contribution in [2.45, 2.75) is 25.3 Å². The molecule has 1 heterocycles. The quantitative estimate of drug-likeness (QED) is 0.809. The summed E-state index contributed by atoms with van der Waals surface area (Å²) in [6.07, 6.45) is 6.24. The minimum Gasteiger partial charge on any atom is -0.322 e. The largest absolute Gasteiger partial charge is 0.322 e. The number of nitrogens with zero attached hydrogens (tertiary/aromatic N) is 3. The van der Waals surface area contributed by atoms with Gasteiger partial charge in [-0.2, -0.15) is 0 Å². The van der Waals surface area contributed by atoms with Gasteiger partial charge in [-0.3, -0.25) is 4.68 Å². The van der Waals surface area contributed by atoms with E-state index in [0.717, 1.165) is 35.3 Å². The number of hydrogen-bond acceptors (Lipinski definition) is 3. The molecule has 0 amide bonds. The molecule has 1 aromatic heterocycles. The standard InChI is InChI=1S/C12H18N4/c1-16-8(5-14-15-16)12(13)11-9-6-2-3-7(4-6)10(9)11/h5-7,9-12H,2-4,13H2,1H3. The Kier molecular flexibility index (Phi) is 1.64. The number of hydrogen-bond donors (Lipinski definition) is 1. The molecule has 5 atom stereocenters. The predicted molar refractivity (Wildman–Crippen MR) is 59.2 cm³/mol. The summed E-state index contributed by atoms with van der Waals surface area (Å²) in [5, 5.41) is 7.92. The van der Waals surface area contributed by atoms with E-state index in [9.17, 15) is 0 Å². The van der Waals surface area contributed by atoms with Crippen molar-refractivity contribution in [2.75, 3.05) is 0 Å². The molecule has 3 aliphatic rings. The maximum Gasteiger partial charge on any atom is 0.0754 e. The van der Waals surface area contributed by atoms with Crippen LogP contribution in [0.4, 0.5) is 0 Å². The lowest BCUT2D eigenvalue weighted by atomic mass is 9.96. The molecular weight excluding hydrogens is 200 g/mol. The minimum absolute atomic E-state index is 0.165. The maximum atomic E-state index is 6.39. The van der Waals surface area contributed by atoms with E-state index in [1.165, 1.54) is 19.3 Å². The monoisotopic (exact) mass is 218 g/mol. The summed E-state index contributed by atoms with van der Waals surface area (Å²) in [7, 11) is 1.94. The summed E-state index contributed by atoms with van der Waals surface area (Å²) in [6, 6.07) is 0.165. The Morgan fingerprint density at radius 1 is 1.38 bits per heavy atom. The van der Waals surface area contributed by atoms with Gasteiger partial charge >= 0.3 is 0 Å². The molecule has 0 aliphatic heterocycles. The molecule has 86 valence electrons. The molecule has 1 aromatic rings. The molecule has 4 nitrogen and oxygen atoms in total. The molecule has 4 heteroatoms. The van der Waals surface area contributed by atoms with E-state index in [-0.39, 0.29) is 6.04 Å². The van der Waals surface area contributed by atoms with Gasteiger partial charge in [0.15, 0.2) is 0 Å². The topological polar surface area (TPSA) is 56.7 Å². The summed E-state index contributed by atoms with van der Waals surface area (Å²) in [6.45, 7) is 0. The van der Waals surface area contributed by atoms with Crippen molar-refractivity contribution < 1.29 is 0 Å². The van der Waals surface area contributed by atoms with Crippen LogP contribution in [0.15, 0.2) is 6.20 Å². The fourth-order valence-corrected chi connectivity index (χ4v) is 4.67. The summed E-state index contributed by atoms with van der Waals surface area (Å²) in [5.41, 5.74) is 7.50. The number of rotatable bonds is 2. The van der Waals surface area contributed by atoms with Gasteiger partial charge in [0.1, 0.15) is 0 Å². The summed E-state index contributed by atoms with van der Waals surface area (Å²) in [5.74, 6) is 4.58. The first-order valence-electron chi connectivity index (χ1n) is 6.37. The van der Waals surface area contributed by atoms with Gasteiger partial charge in [0.2, 0.25) is 0 Å². The molecule has 3 fully saturated rings. The van der Waals surface area contributed by atoms with Crippen molar-refractivity contribution in [3.63, 3.8) is 0 Å². The van der Waals surface area contributed by atoms with Crippen LogP contribution in [-0.2, 0) is 7.05 Å². The highest BCUT2D eigenvalue weighted by Gasteiger charge is 2.66. The van der Waals surface area contributed by atoms with Gasteiger partial charge in [0.25, 0.3) is 0 Å². The zero-order valence-corrected chi connectivity index (χ0v) is 9.58. The third kappa shape index (κ3) is 0.986. The average molecular weight is 218 g/mol. The van der Waals surface area contributed by atoms with Crippen molar-refractivity contribution in [3.05, 3.63) is 11.9 Å². The molecule has 5 unspecified atom stereocenters. The van der Waals surface area contributed by atoms with Crippen LogP contribution in [0, 0.1) is 29.6 Å². The highest BCUT2D eigenvalue weighted by atomic mass is 15.4. The van der Waals surface area contributed by atoms with Crippen LogP contribution < -0.4 is 5.73 Å². The second-order valence-electron chi connectivity index (χ2n) is 5.87. The SMILES string of the molecule is Cn1nncc1C(N)C1C2C3CCC(C3)C21. The number of aryl methyl sites for hydroxylation is 1. The minimum atomic E-state index is 0.165. The van der Waals surface area contributed by atoms with E-state index in [2.05, 4.69) is 10.3 Å². The molecule has 2 bridgehead atoms. The summed E-state index contributed by atoms with van der Waals surface area (Å²) >= 11 is 0. The van der Waals surface area contributed by atoms with Crippen LogP contribution in [0.2, 0.25) is 0 Å². The van der Waals surface area contributed by atoms with E-state index in [1.54, 1.807) is 0 Å². The Balaban J connectivity index is 1.59. The summed E-state index contributed by atoms with van der Waals surface area (Å²) < 4.78 is 1.83. The van der Waals surface area contributed by atoms with E-state index in [4.69, 9.17) is 5.73 Å². The zero-order valence-electron chi connectivity index (χ0n) is 9.58. The van der Waals surface area contributed by atoms with Gasteiger partial charge in [-0.25, -0.2) is 0 Å². The van der Waals surface area contributed by atoms with Gasteiger partial charge in [0, 0.05) is 7.05 Å². The van der Waals surface area contributed by atoms with E-state index >= 15 is 0 Å². The Hall–Kier alpha value is -0.900.